The van der Waals surface area contributed by atoms with Crippen LogP contribution >= 0.6 is 0 Å². The molecular weight excluding hydrogens is 877 g/mol. The summed E-state index contributed by atoms with van der Waals surface area (Å²) in [4.78, 5) is 0. The number of hydrogen-bond donors (Lipinski definition) is 0. The molecule has 368 valence electrons. The predicted octanol–water partition coefficient (Wildman–Crippen LogP) is 21.2. The highest BCUT2D eigenvalue weighted by Gasteiger charge is 2.17. The fraction of sp³-hybridized carbons (Fsp3) is 0.178. The van der Waals surface area contributed by atoms with Crippen molar-refractivity contribution in [3.8, 4) is 66.8 Å². The van der Waals surface area contributed by atoms with Crippen LogP contribution in [0.4, 0.5) is 0 Å². The molecule has 0 heterocycles. The van der Waals surface area contributed by atoms with E-state index >= 15 is 0 Å². The van der Waals surface area contributed by atoms with Crippen LogP contribution in [0.25, 0.3) is 66.8 Å². The molecule has 0 saturated heterocycles. The molecular formula is C73H76. The lowest BCUT2D eigenvalue weighted by atomic mass is 9.85. The molecule has 0 N–H and O–H groups in total. The van der Waals surface area contributed by atoms with Crippen molar-refractivity contribution in [3.05, 3.63) is 286 Å². The molecule has 73 heavy (non-hydrogen) atoms. The third kappa shape index (κ3) is 14.4. The minimum Gasteiger partial charge on any atom is -0.0683 e. The van der Waals surface area contributed by atoms with Crippen molar-refractivity contribution in [2.75, 3.05) is 0 Å². The summed E-state index contributed by atoms with van der Waals surface area (Å²) >= 11 is 0. The number of hydrogen-bond acceptors (Lipinski definition) is 0. The molecule has 0 aliphatic carbocycles. The van der Waals surface area contributed by atoms with Crippen LogP contribution in [-0.4, -0.2) is 0 Å². The van der Waals surface area contributed by atoms with Crippen molar-refractivity contribution in [1.82, 2.24) is 0 Å². The van der Waals surface area contributed by atoms with Crippen LogP contribution in [0.3, 0.4) is 0 Å². The smallest absolute Gasteiger partial charge is 0.0102 e. The standard InChI is InChI=1S/C49H44.C8H10.2C7H8.C2H6/c1-31-14-8-10-16-42(31)46-27-38(23-20-33(46)3)39-24-21-35(5)48(28-39)44-18-12-13-19-45(44)49-30-41(26-36(6)37(49)7)40-25-22-34(4)47(29-40)43-17-11-9-15-32(43)2;1-7-5-3-4-6-8(7)2;2*1-7-5-3-2-4-6-7;1-2/h8-30H,1-7H3;3-6H,1-2H3;2*2-6H,1H3;1-2H3. The topological polar surface area (TPSA) is 0 Å². The number of rotatable bonds is 6. The maximum atomic E-state index is 2.40. The highest BCUT2D eigenvalue weighted by molar-refractivity contribution is 5.91. The largest absolute Gasteiger partial charge is 0.0683 e. The Kier molecular flexibility index (Phi) is 19.9. The van der Waals surface area contributed by atoms with E-state index in [1.165, 1.54) is 128 Å². The van der Waals surface area contributed by atoms with Crippen LogP contribution in [0, 0.1) is 76.2 Å². The van der Waals surface area contributed by atoms with Crippen molar-refractivity contribution in [1.29, 1.82) is 0 Å². The minimum absolute atomic E-state index is 1.23. The van der Waals surface area contributed by atoms with Gasteiger partial charge in [0.2, 0.25) is 0 Å². The van der Waals surface area contributed by atoms with Gasteiger partial charge in [0.05, 0.1) is 0 Å². The van der Waals surface area contributed by atoms with Gasteiger partial charge in [0.1, 0.15) is 0 Å². The van der Waals surface area contributed by atoms with E-state index < -0.39 is 0 Å². The fourth-order valence-electron chi connectivity index (χ4n) is 9.02. The van der Waals surface area contributed by atoms with Gasteiger partial charge in [-0.1, -0.05) is 225 Å². The van der Waals surface area contributed by atoms with E-state index in [1.54, 1.807) is 0 Å². The van der Waals surface area contributed by atoms with E-state index in [9.17, 15) is 0 Å². The zero-order valence-electron chi connectivity index (χ0n) is 45.9. The molecule has 0 saturated carbocycles. The van der Waals surface area contributed by atoms with Crippen molar-refractivity contribution in [2.24, 2.45) is 0 Å². The highest BCUT2D eigenvalue weighted by atomic mass is 14.2. The third-order valence-corrected chi connectivity index (χ3v) is 13.7. The minimum atomic E-state index is 1.23. The first-order chi connectivity index (χ1) is 35.3. The molecule has 0 amide bonds. The summed E-state index contributed by atoms with van der Waals surface area (Å²) in [5.74, 6) is 0. The first kappa shape index (κ1) is 54.5. The quantitative estimate of drug-likeness (QED) is 0.156. The first-order valence-corrected chi connectivity index (χ1v) is 26.0. The van der Waals surface area contributed by atoms with Crippen molar-refractivity contribution < 1.29 is 0 Å². The second-order valence-corrected chi connectivity index (χ2v) is 19.1. The Bertz CT molecular complexity index is 3290. The Balaban J connectivity index is 0.000000294. The van der Waals surface area contributed by atoms with Gasteiger partial charge in [-0.2, -0.15) is 0 Å². The SMILES string of the molecule is CC.Cc1ccccc1.Cc1ccccc1.Cc1ccccc1-c1cc(-c2ccc(C)c(-c3ccccc3-c3cc(-c4ccc(C)c(-c5ccccc5C)c4)cc(C)c3C)c2)ccc1C.Cc1ccccc1C. The maximum absolute atomic E-state index is 2.40. The normalized spacial score (nSPS) is 10.3. The van der Waals surface area contributed by atoms with Crippen molar-refractivity contribution in [2.45, 2.75) is 90.0 Å². The molecule has 0 aliphatic heterocycles. The first-order valence-electron chi connectivity index (χ1n) is 26.0. The van der Waals surface area contributed by atoms with Crippen molar-refractivity contribution in [3.63, 3.8) is 0 Å². The molecule has 10 rings (SSSR count). The van der Waals surface area contributed by atoms with Gasteiger partial charge in [-0.05, 0) is 217 Å². The maximum Gasteiger partial charge on any atom is -0.0102 e. The molecule has 0 aromatic heterocycles. The summed E-state index contributed by atoms with van der Waals surface area (Å²) in [5.41, 5.74) is 29.7. The predicted molar refractivity (Wildman–Crippen MR) is 322 cm³/mol. The number of benzene rings is 10. The summed E-state index contributed by atoms with van der Waals surface area (Å²) in [6.07, 6.45) is 0. The lowest BCUT2D eigenvalue weighted by Crippen LogP contribution is -1.95. The third-order valence-electron chi connectivity index (χ3n) is 13.7. The van der Waals surface area contributed by atoms with Gasteiger partial charge < -0.3 is 0 Å². The van der Waals surface area contributed by atoms with E-state index in [2.05, 4.69) is 264 Å². The summed E-state index contributed by atoms with van der Waals surface area (Å²) in [6.45, 7) is 28.0. The molecule has 0 spiro atoms. The Labute approximate surface area is 440 Å². The average molecular weight is 953 g/mol. The molecule has 0 bridgehead atoms. The second kappa shape index (κ2) is 26.6. The van der Waals surface area contributed by atoms with Gasteiger partial charge in [-0.3, -0.25) is 0 Å². The molecule has 0 fully saturated rings. The van der Waals surface area contributed by atoms with E-state index in [1.807, 2.05) is 50.2 Å². The molecule has 10 aromatic rings. The average Bonchev–Trinajstić information content (AvgIpc) is 3.41. The molecule has 0 nitrogen and oxygen atoms in total. The summed E-state index contributed by atoms with van der Waals surface area (Å²) in [5, 5.41) is 0. The van der Waals surface area contributed by atoms with Crippen LogP contribution in [0.5, 0.6) is 0 Å². The lowest BCUT2D eigenvalue weighted by Gasteiger charge is -2.19. The summed E-state index contributed by atoms with van der Waals surface area (Å²) in [6, 6.07) is 80.7. The van der Waals surface area contributed by atoms with Crippen LogP contribution in [0.2, 0.25) is 0 Å². The van der Waals surface area contributed by atoms with E-state index in [4.69, 9.17) is 0 Å². The molecule has 10 aromatic carbocycles. The zero-order chi connectivity index (χ0) is 52.4. The van der Waals surface area contributed by atoms with Crippen LogP contribution in [0.1, 0.15) is 75.0 Å². The second-order valence-electron chi connectivity index (χ2n) is 19.1. The van der Waals surface area contributed by atoms with Crippen LogP contribution in [-0.2, 0) is 0 Å². The fourth-order valence-corrected chi connectivity index (χ4v) is 9.02. The van der Waals surface area contributed by atoms with E-state index in [0.29, 0.717) is 0 Å². The Morgan fingerprint density at radius 3 is 0.795 bits per heavy atom. The Hall–Kier alpha value is -7.80. The Morgan fingerprint density at radius 1 is 0.178 bits per heavy atom. The molecule has 0 aliphatic rings. The monoisotopic (exact) mass is 953 g/mol. The van der Waals surface area contributed by atoms with Gasteiger partial charge in [-0.25, -0.2) is 0 Å². The van der Waals surface area contributed by atoms with Gasteiger partial charge in [0.25, 0.3) is 0 Å². The highest BCUT2D eigenvalue weighted by Crippen LogP contribution is 2.41. The van der Waals surface area contributed by atoms with Gasteiger partial charge in [0, 0.05) is 0 Å². The molecule has 0 atom stereocenters. The zero-order valence-corrected chi connectivity index (χ0v) is 45.9. The number of aryl methyl sites for hydroxylation is 10. The van der Waals surface area contributed by atoms with Gasteiger partial charge in [-0.15, -0.1) is 0 Å². The summed E-state index contributed by atoms with van der Waals surface area (Å²) < 4.78 is 0. The van der Waals surface area contributed by atoms with Gasteiger partial charge >= 0.3 is 0 Å². The lowest BCUT2D eigenvalue weighted by molar-refractivity contribution is 1.33. The van der Waals surface area contributed by atoms with Crippen LogP contribution < -0.4 is 0 Å². The van der Waals surface area contributed by atoms with E-state index in [0.717, 1.165) is 0 Å². The van der Waals surface area contributed by atoms with E-state index in [-0.39, 0.29) is 0 Å². The van der Waals surface area contributed by atoms with Crippen molar-refractivity contribution >= 4 is 0 Å². The van der Waals surface area contributed by atoms with Crippen LogP contribution in [0.15, 0.2) is 224 Å². The molecule has 0 unspecified atom stereocenters. The summed E-state index contributed by atoms with van der Waals surface area (Å²) in [7, 11) is 0. The van der Waals surface area contributed by atoms with Gasteiger partial charge in [0.15, 0.2) is 0 Å². The Morgan fingerprint density at radius 2 is 0.452 bits per heavy atom. The molecule has 0 radical (unpaired) electrons. The molecule has 0 heteroatoms.